The standard InChI is InChI=1S/C29H36N5/c1-28(2)21-29(24-15-9-5-10-16-24,18-17-25(28)23-13-7-4-8-14-23)33(3)26-30-22-31-27(32-26)34-19-11-6-12-20-34/h4-5,7-10,13-16,22H,6,11-12,17-21H2,1-3H3. The molecule has 2 fully saturated rings. The van der Waals surface area contributed by atoms with Crippen LogP contribution in [-0.2, 0) is 5.54 Å². The largest absolute Gasteiger partial charge is 0.341 e. The zero-order valence-electron chi connectivity index (χ0n) is 20.7. The molecule has 0 bridgehead atoms. The molecule has 1 saturated heterocycles. The van der Waals surface area contributed by atoms with Crippen LogP contribution in [0.4, 0.5) is 11.9 Å². The van der Waals surface area contributed by atoms with E-state index in [2.05, 4.69) is 101 Å². The molecule has 5 heteroatoms. The van der Waals surface area contributed by atoms with Crippen molar-refractivity contribution in [2.24, 2.45) is 5.41 Å². The predicted molar refractivity (Wildman–Crippen MR) is 139 cm³/mol. The summed E-state index contributed by atoms with van der Waals surface area (Å²) in [6.45, 7) is 6.85. The lowest BCUT2D eigenvalue weighted by Crippen LogP contribution is -2.52. The van der Waals surface area contributed by atoms with Crippen LogP contribution in [0.2, 0.25) is 0 Å². The quantitative estimate of drug-likeness (QED) is 0.471. The molecule has 2 aliphatic rings. The molecule has 1 aromatic heterocycles. The van der Waals surface area contributed by atoms with E-state index in [1.165, 1.54) is 36.3 Å². The first-order chi connectivity index (χ1) is 16.5. The van der Waals surface area contributed by atoms with Gasteiger partial charge in [-0.25, -0.2) is 9.97 Å². The maximum Gasteiger partial charge on any atom is 0.230 e. The summed E-state index contributed by atoms with van der Waals surface area (Å²) in [5.41, 5.74) is 2.54. The van der Waals surface area contributed by atoms with Crippen LogP contribution in [0.15, 0.2) is 67.0 Å². The average Bonchev–Trinajstić information content (AvgIpc) is 2.89. The van der Waals surface area contributed by atoms with Crippen molar-refractivity contribution >= 4 is 11.9 Å². The van der Waals surface area contributed by atoms with Gasteiger partial charge >= 0.3 is 0 Å². The Morgan fingerprint density at radius 2 is 1.53 bits per heavy atom. The van der Waals surface area contributed by atoms with Gasteiger partial charge in [-0.3, -0.25) is 0 Å². The highest BCUT2D eigenvalue weighted by Gasteiger charge is 2.49. The number of benzene rings is 2. The van der Waals surface area contributed by atoms with Gasteiger partial charge in [0.1, 0.15) is 6.33 Å². The molecule has 3 aromatic rings. The summed E-state index contributed by atoms with van der Waals surface area (Å²) in [6, 6.07) is 21.9. The molecular weight excluding hydrogens is 418 g/mol. The monoisotopic (exact) mass is 454 g/mol. The van der Waals surface area contributed by atoms with Gasteiger partial charge in [-0.15, -0.1) is 0 Å². The van der Waals surface area contributed by atoms with Crippen molar-refractivity contribution in [3.63, 3.8) is 0 Å². The van der Waals surface area contributed by atoms with Gasteiger partial charge in [0, 0.05) is 26.1 Å². The molecule has 2 aromatic carbocycles. The number of aromatic nitrogens is 3. The summed E-state index contributed by atoms with van der Waals surface area (Å²) >= 11 is 0. The SMILES string of the molecule is CN(c1ncnc(N2CCCCC2)n1)C1(c2ccccc2)CC[C](c2ccccc2)C(C)(C)C1. The van der Waals surface area contributed by atoms with Gasteiger partial charge in [-0.05, 0) is 55.1 Å². The topological polar surface area (TPSA) is 45.2 Å². The van der Waals surface area contributed by atoms with Crippen LogP contribution in [0.1, 0.15) is 63.5 Å². The lowest BCUT2D eigenvalue weighted by atomic mass is 9.58. The third-order valence-corrected chi connectivity index (χ3v) is 7.90. The number of hydrogen-bond donors (Lipinski definition) is 0. The van der Waals surface area contributed by atoms with Crippen molar-refractivity contribution in [3.8, 4) is 0 Å². The molecule has 5 rings (SSSR count). The van der Waals surface area contributed by atoms with Crippen LogP contribution < -0.4 is 9.80 Å². The maximum absolute atomic E-state index is 4.99. The molecule has 34 heavy (non-hydrogen) atoms. The van der Waals surface area contributed by atoms with Crippen LogP contribution in [0.25, 0.3) is 0 Å². The van der Waals surface area contributed by atoms with Crippen molar-refractivity contribution in [1.82, 2.24) is 15.0 Å². The number of hydrogen-bond acceptors (Lipinski definition) is 5. The van der Waals surface area contributed by atoms with E-state index >= 15 is 0 Å². The first kappa shape index (κ1) is 22.8. The Labute approximate surface area is 204 Å². The third kappa shape index (κ3) is 4.28. The summed E-state index contributed by atoms with van der Waals surface area (Å²) in [5, 5.41) is 0. The molecule has 1 unspecified atom stereocenters. The Bertz CT molecular complexity index is 1080. The Kier molecular flexibility index (Phi) is 6.28. The van der Waals surface area contributed by atoms with Crippen molar-refractivity contribution in [1.29, 1.82) is 0 Å². The second-order valence-electron chi connectivity index (χ2n) is 10.5. The summed E-state index contributed by atoms with van der Waals surface area (Å²) in [5.74, 6) is 3.11. The molecule has 1 aliphatic carbocycles. The highest BCUT2D eigenvalue weighted by molar-refractivity contribution is 5.47. The Morgan fingerprint density at radius 3 is 2.21 bits per heavy atom. The molecule has 0 N–H and O–H groups in total. The third-order valence-electron chi connectivity index (χ3n) is 7.90. The molecule has 1 saturated carbocycles. The van der Waals surface area contributed by atoms with Gasteiger partial charge in [-0.2, -0.15) is 4.98 Å². The summed E-state index contributed by atoms with van der Waals surface area (Å²) in [7, 11) is 2.17. The van der Waals surface area contributed by atoms with Crippen LogP contribution in [0.3, 0.4) is 0 Å². The maximum atomic E-state index is 4.99. The predicted octanol–water partition coefficient (Wildman–Crippen LogP) is 6.03. The van der Waals surface area contributed by atoms with Crippen molar-refractivity contribution in [3.05, 3.63) is 84.0 Å². The molecule has 5 nitrogen and oxygen atoms in total. The van der Waals surface area contributed by atoms with E-state index < -0.39 is 0 Å². The summed E-state index contributed by atoms with van der Waals surface area (Å²) in [6.07, 6.45) is 8.45. The van der Waals surface area contributed by atoms with E-state index in [4.69, 9.17) is 4.98 Å². The highest BCUT2D eigenvalue weighted by Crippen LogP contribution is 2.55. The van der Waals surface area contributed by atoms with Gasteiger partial charge in [0.15, 0.2) is 0 Å². The van der Waals surface area contributed by atoms with E-state index in [0.717, 1.165) is 44.2 Å². The molecule has 1 radical (unpaired) electrons. The second-order valence-corrected chi connectivity index (χ2v) is 10.5. The lowest BCUT2D eigenvalue weighted by Gasteiger charge is -2.53. The molecule has 177 valence electrons. The van der Waals surface area contributed by atoms with Gasteiger partial charge in [0.25, 0.3) is 0 Å². The van der Waals surface area contributed by atoms with E-state index in [-0.39, 0.29) is 11.0 Å². The minimum Gasteiger partial charge on any atom is -0.341 e. The molecule has 1 aliphatic heterocycles. The smallest absolute Gasteiger partial charge is 0.230 e. The van der Waals surface area contributed by atoms with Gasteiger partial charge in [0.05, 0.1) is 5.54 Å². The zero-order chi connectivity index (χ0) is 23.6. The zero-order valence-corrected chi connectivity index (χ0v) is 20.7. The van der Waals surface area contributed by atoms with E-state index in [1.807, 2.05) is 0 Å². The molecule has 1 atom stereocenters. The van der Waals surface area contributed by atoms with Crippen LogP contribution in [-0.4, -0.2) is 35.1 Å². The summed E-state index contributed by atoms with van der Waals surface area (Å²) in [4.78, 5) is 18.8. The minimum absolute atomic E-state index is 0.0342. The first-order valence-electron chi connectivity index (χ1n) is 12.6. The Morgan fingerprint density at radius 1 is 0.853 bits per heavy atom. The van der Waals surface area contributed by atoms with E-state index in [9.17, 15) is 0 Å². The minimum atomic E-state index is -0.191. The van der Waals surface area contributed by atoms with Crippen LogP contribution >= 0.6 is 0 Å². The fourth-order valence-corrected chi connectivity index (χ4v) is 6.12. The molecule has 0 amide bonds. The Hall–Kier alpha value is -2.95. The van der Waals surface area contributed by atoms with Crippen molar-refractivity contribution in [2.75, 3.05) is 29.9 Å². The number of anilines is 2. The highest BCUT2D eigenvalue weighted by atomic mass is 15.3. The molecular formula is C29H36N5. The van der Waals surface area contributed by atoms with Crippen LogP contribution in [0, 0.1) is 11.3 Å². The van der Waals surface area contributed by atoms with Gasteiger partial charge in [0.2, 0.25) is 11.9 Å². The number of rotatable bonds is 5. The fourth-order valence-electron chi connectivity index (χ4n) is 6.12. The molecule has 0 spiro atoms. The molecule has 2 heterocycles. The van der Waals surface area contributed by atoms with Crippen LogP contribution in [0.5, 0.6) is 0 Å². The average molecular weight is 455 g/mol. The van der Waals surface area contributed by atoms with Crippen molar-refractivity contribution < 1.29 is 0 Å². The number of piperidine rings is 1. The first-order valence-corrected chi connectivity index (χ1v) is 12.6. The number of nitrogens with zero attached hydrogens (tertiary/aromatic N) is 5. The van der Waals surface area contributed by atoms with Gasteiger partial charge in [-0.1, -0.05) is 74.5 Å². The lowest BCUT2D eigenvalue weighted by molar-refractivity contribution is 0.178. The Balaban J connectivity index is 1.51. The van der Waals surface area contributed by atoms with E-state index in [1.54, 1.807) is 6.33 Å². The van der Waals surface area contributed by atoms with Gasteiger partial charge < -0.3 is 9.80 Å². The second kappa shape index (κ2) is 9.36. The normalized spacial score (nSPS) is 23.0. The van der Waals surface area contributed by atoms with E-state index in [0.29, 0.717) is 0 Å². The van der Waals surface area contributed by atoms with Crippen molar-refractivity contribution in [2.45, 2.75) is 57.9 Å². The fraction of sp³-hybridized carbons (Fsp3) is 0.448. The summed E-state index contributed by atoms with van der Waals surface area (Å²) < 4.78 is 0.